The molecule has 1 saturated heterocycles. The lowest BCUT2D eigenvalue weighted by Crippen LogP contribution is -2.48. The fraction of sp³-hybridized carbons (Fsp3) is 0.368. The number of amides is 1. The maximum atomic E-state index is 12.7. The zero-order valence-corrected chi connectivity index (χ0v) is 13.7. The summed E-state index contributed by atoms with van der Waals surface area (Å²) in [5, 5.41) is 3.40. The van der Waals surface area contributed by atoms with Crippen LogP contribution >= 0.6 is 0 Å². The van der Waals surface area contributed by atoms with Crippen LogP contribution in [0.15, 0.2) is 48.8 Å². The van der Waals surface area contributed by atoms with Crippen LogP contribution in [-0.4, -0.2) is 48.0 Å². The highest BCUT2D eigenvalue weighted by atomic mass is 16.2. The predicted molar refractivity (Wildman–Crippen MR) is 95.4 cm³/mol. The monoisotopic (exact) mass is 322 g/mol. The summed E-state index contributed by atoms with van der Waals surface area (Å²) in [6.07, 6.45) is 5.88. The number of piperazine rings is 1. The first-order valence-corrected chi connectivity index (χ1v) is 8.60. The summed E-state index contributed by atoms with van der Waals surface area (Å²) in [6, 6.07) is 12.9. The Balaban J connectivity index is 1.39. The van der Waals surface area contributed by atoms with Gasteiger partial charge in [-0.25, -0.2) is 0 Å². The van der Waals surface area contributed by atoms with Gasteiger partial charge < -0.3 is 15.1 Å². The first kappa shape index (κ1) is 15.0. The van der Waals surface area contributed by atoms with Gasteiger partial charge in [0.25, 0.3) is 5.91 Å². The number of hydrogen-bond acceptors (Lipinski definition) is 4. The Morgan fingerprint density at radius 1 is 1.04 bits per heavy atom. The molecule has 5 heteroatoms. The van der Waals surface area contributed by atoms with Gasteiger partial charge in [0.15, 0.2) is 0 Å². The van der Waals surface area contributed by atoms with Crippen molar-refractivity contribution >= 4 is 17.3 Å². The molecule has 1 aliphatic carbocycles. The van der Waals surface area contributed by atoms with E-state index in [9.17, 15) is 4.79 Å². The van der Waals surface area contributed by atoms with Gasteiger partial charge in [-0.3, -0.25) is 9.78 Å². The second kappa shape index (κ2) is 6.51. The van der Waals surface area contributed by atoms with E-state index in [1.807, 2.05) is 17.0 Å². The number of para-hydroxylation sites is 1. The number of carbonyl (C=O) groups is 1. The zero-order chi connectivity index (χ0) is 16.4. The fourth-order valence-electron chi connectivity index (χ4n) is 3.09. The SMILES string of the molecule is O=C(c1cncc(NC2CC2)c1)N1CCN(c2ccccc2)CC1. The van der Waals surface area contributed by atoms with E-state index < -0.39 is 0 Å². The minimum atomic E-state index is 0.0784. The lowest BCUT2D eigenvalue weighted by atomic mass is 10.2. The predicted octanol–water partition coefficient (Wildman–Crippen LogP) is 2.62. The molecule has 124 valence electrons. The molecule has 2 heterocycles. The Kier molecular flexibility index (Phi) is 4.07. The maximum Gasteiger partial charge on any atom is 0.255 e. The summed E-state index contributed by atoms with van der Waals surface area (Å²) in [5.41, 5.74) is 2.85. The molecular formula is C19H22N4O. The largest absolute Gasteiger partial charge is 0.381 e. The van der Waals surface area contributed by atoms with Crippen LogP contribution in [0.3, 0.4) is 0 Å². The van der Waals surface area contributed by atoms with Crippen molar-refractivity contribution in [3.63, 3.8) is 0 Å². The van der Waals surface area contributed by atoms with Crippen LogP contribution in [0.4, 0.5) is 11.4 Å². The van der Waals surface area contributed by atoms with Crippen LogP contribution in [0.1, 0.15) is 23.2 Å². The summed E-state index contributed by atoms with van der Waals surface area (Å²) in [5.74, 6) is 0.0784. The number of nitrogens with zero attached hydrogens (tertiary/aromatic N) is 3. The van der Waals surface area contributed by atoms with Gasteiger partial charge in [0.1, 0.15) is 0 Å². The Morgan fingerprint density at radius 3 is 2.50 bits per heavy atom. The van der Waals surface area contributed by atoms with Gasteiger partial charge in [0, 0.05) is 50.3 Å². The second-order valence-corrected chi connectivity index (χ2v) is 6.50. The van der Waals surface area contributed by atoms with Crippen LogP contribution in [-0.2, 0) is 0 Å². The van der Waals surface area contributed by atoms with E-state index in [0.29, 0.717) is 11.6 Å². The van der Waals surface area contributed by atoms with E-state index in [2.05, 4.69) is 39.5 Å². The first-order chi connectivity index (χ1) is 11.8. The van der Waals surface area contributed by atoms with Crippen molar-refractivity contribution in [3.05, 3.63) is 54.4 Å². The Labute approximate surface area is 142 Å². The van der Waals surface area contributed by atoms with Crippen molar-refractivity contribution in [2.45, 2.75) is 18.9 Å². The lowest BCUT2D eigenvalue weighted by Gasteiger charge is -2.36. The van der Waals surface area contributed by atoms with E-state index in [1.165, 1.54) is 18.5 Å². The van der Waals surface area contributed by atoms with Gasteiger partial charge in [0.05, 0.1) is 11.3 Å². The third-order valence-corrected chi connectivity index (χ3v) is 4.62. The van der Waals surface area contributed by atoms with Crippen LogP contribution in [0.25, 0.3) is 0 Å². The highest BCUT2D eigenvalue weighted by molar-refractivity contribution is 5.95. The van der Waals surface area contributed by atoms with Crippen molar-refractivity contribution < 1.29 is 4.79 Å². The highest BCUT2D eigenvalue weighted by Crippen LogP contribution is 2.25. The maximum absolute atomic E-state index is 12.7. The molecule has 0 atom stereocenters. The van der Waals surface area contributed by atoms with E-state index in [4.69, 9.17) is 0 Å². The standard InChI is InChI=1S/C19H22N4O/c24-19(15-12-17(14-20-13-15)21-16-6-7-16)23-10-8-22(9-11-23)18-4-2-1-3-5-18/h1-5,12-14,16,21H,6-11H2. The number of aromatic nitrogens is 1. The average Bonchev–Trinajstić information content (AvgIpc) is 3.46. The third-order valence-electron chi connectivity index (χ3n) is 4.62. The summed E-state index contributed by atoms with van der Waals surface area (Å²) >= 11 is 0. The number of anilines is 2. The van der Waals surface area contributed by atoms with E-state index in [-0.39, 0.29) is 5.91 Å². The molecule has 24 heavy (non-hydrogen) atoms. The number of pyridine rings is 1. The lowest BCUT2D eigenvalue weighted by molar-refractivity contribution is 0.0746. The number of benzene rings is 1. The molecular weight excluding hydrogens is 300 g/mol. The molecule has 0 radical (unpaired) electrons. The smallest absolute Gasteiger partial charge is 0.255 e. The zero-order valence-electron chi connectivity index (χ0n) is 13.7. The number of rotatable bonds is 4. The summed E-state index contributed by atoms with van der Waals surface area (Å²) in [4.78, 5) is 21.2. The Bertz CT molecular complexity index is 706. The van der Waals surface area contributed by atoms with Crippen molar-refractivity contribution in [1.29, 1.82) is 0 Å². The molecule has 1 aromatic heterocycles. The molecule has 1 amide bonds. The van der Waals surface area contributed by atoms with Crippen molar-refractivity contribution in [3.8, 4) is 0 Å². The van der Waals surface area contributed by atoms with E-state index >= 15 is 0 Å². The van der Waals surface area contributed by atoms with Crippen LogP contribution < -0.4 is 10.2 Å². The molecule has 4 rings (SSSR count). The average molecular weight is 322 g/mol. The molecule has 1 aliphatic heterocycles. The Morgan fingerprint density at radius 2 is 1.79 bits per heavy atom. The topological polar surface area (TPSA) is 48.5 Å². The summed E-state index contributed by atoms with van der Waals surface area (Å²) in [7, 11) is 0. The summed E-state index contributed by atoms with van der Waals surface area (Å²) < 4.78 is 0. The van der Waals surface area contributed by atoms with Gasteiger partial charge in [-0.1, -0.05) is 18.2 Å². The molecule has 0 unspecified atom stereocenters. The van der Waals surface area contributed by atoms with Gasteiger partial charge in [-0.05, 0) is 31.0 Å². The third kappa shape index (κ3) is 3.35. The molecule has 2 aliphatic rings. The van der Waals surface area contributed by atoms with Crippen LogP contribution in [0.2, 0.25) is 0 Å². The van der Waals surface area contributed by atoms with Gasteiger partial charge in [0.2, 0.25) is 0 Å². The number of hydrogen-bond donors (Lipinski definition) is 1. The van der Waals surface area contributed by atoms with Crippen molar-refractivity contribution in [2.75, 3.05) is 36.4 Å². The first-order valence-electron chi connectivity index (χ1n) is 8.60. The quantitative estimate of drug-likeness (QED) is 0.940. The Hall–Kier alpha value is -2.56. The molecule has 0 spiro atoms. The molecule has 1 saturated carbocycles. The summed E-state index contributed by atoms with van der Waals surface area (Å²) in [6.45, 7) is 3.22. The molecule has 1 N–H and O–H groups in total. The molecule has 5 nitrogen and oxygen atoms in total. The second-order valence-electron chi connectivity index (χ2n) is 6.50. The van der Waals surface area contributed by atoms with Gasteiger partial charge in [-0.2, -0.15) is 0 Å². The number of carbonyl (C=O) groups excluding carboxylic acids is 1. The molecule has 2 aromatic rings. The fourth-order valence-corrected chi connectivity index (χ4v) is 3.09. The van der Waals surface area contributed by atoms with Crippen LogP contribution in [0.5, 0.6) is 0 Å². The molecule has 2 fully saturated rings. The molecule has 1 aromatic carbocycles. The normalized spacial score (nSPS) is 17.7. The van der Waals surface area contributed by atoms with E-state index in [1.54, 1.807) is 12.4 Å². The van der Waals surface area contributed by atoms with Crippen molar-refractivity contribution in [2.24, 2.45) is 0 Å². The highest BCUT2D eigenvalue weighted by Gasteiger charge is 2.24. The van der Waals surface area contributed by atoms with Gasteiger partial charge in [-0.15, -0.1) is 0 Å². The van der Waals surface area contributed by atoms with Crippen molar-refractivity contribution in [1.82, 2.24) is 9.88 Å². The van der Waals surface area contributed by atoms with E-state index in [0.717, 1.165) is 31.9 Å². The number of nitrogens with one attached hydrogen (secondary N) is 1. The molecule has 0 bridgehead atoms. The minimum Gasteiger partial charge on any atom is -0.381 e. The minimum absolute atomic E-state index is 0.0784. The van der Waals surface area contributed by atoms with Crippen LogP contribution in [0, 0.1) is 0 Å². The van der Waals surface area contributed by atoms with Gasteiger partial charge >= 0.3 is 0 Å².